The Bertz CT molecular complexity index is 917. The number of nitrogens with two attached hydrogens (primary N) is 1. The van der Waals surface area contributed by atoms with E-state index in [9.17, 15) is 4.79 Å². The van der Waals surface area contributed by atoms with E-state index in [1.54, 1.807) is 17.7 Å². The van der Waals surface area contributed by atoms with Gasteiger partial charge in [0.15, 0.2) is 0 Å². The Morgan fingerprint density at radius 2 is 1.93 bits per heavy atom. The molecule has 1 aliphatic rings. The van der Waals surface area contributed by atoms with Gasteiger partial charge in [-0.3, -0.25) is 9.36 Å². The predicted octanol–water partition coefficient (Wildman–Crippen LogP) is 4.27. The topological polar surface area (TPSA) is 64.2 Å². The summed E-state index contributed by atoms with van der Waals surface area (Å²) in [4.78, 5) is 20.5. The van der Waals surface area contributed by atoms with E-state index in [1.807, 2.05) is 12.1 Å². The standard InChI is InChI=1S/C21H28Cl2N4O/c1-4-6-16-17(14-7-5-8-15(22)18(14)23)19(28)26(3)20(25-16)27-11-9-21(2,13-24)10-12-27/h5,7-8H,4,6,9-13,24H2,1-3H3. The number of piperidine rings is 1. The van der Waals surface area contributed by atoms with Crippen LogP contribution in [0.4, 0.5) is 5.95 Å². The van der Waals surface area contributed by atoms with Crippen LogP contribution in [0.1, 0.15) is 38.8 Å². The van der Waals surface area contributed by atoms with Gasteiger partial charge in [-0.15, -0.1) is 0 Å². The van der Waals surface area contributed by atoms with Crippen LogP contribution in [0.5, 0.6) is 0 Å². The van der Waals surface area contributed by atoms with Crippen molar-refractivity contribution in [3.05, 3.63) is 44.3 Å². The zero-order chi connectivity index (χ0) is 20.5. The highest BCUT2D eigenvalue weighted by molar-refractivity contribution is 6.43. The Hall–Kier alpha value is -1.56. The summed E-state index contributed by atoms with van der Waals surface area (Å²) in [5, 5.41) is 0.828. The molecule has 1 aromatic heterocycles. The van der Waals surface area contributed by atoms with Crippen molar-refractivity contribution in [2.45, 2.75) is 39.5 Å². The normalized spacial score (nSPS) is 16.4. The summed E-state index contributed by atoms with van der Waals surface area (Å²) in [5.41, 5.74) is 7.97. The average Bonchev–Trinajstić information content (AvgIpc) is 2.69. The van der Waals surface area contributed by atoms with Gasteiger partial charge in [0.1, 0.15) is 0 Å². The molecule has 2 N–H and O–H groups in total. The van der Waals surface area contributed by atoms with E-state index < -0.39 is 0 Å². The maximum Gasteiger partial charge on any atom is 0.262 e. The van der Waals surface area contributed by atoms with E-state index in [0.717, 1.165) is 44.0 Å². The molecular formula is C21H28Cl2N4O. The molecule has 3 rings (SSSR count). The van der Waals surface area contributed by atoms with Crippen molar-refractivity contribution in [3.8, 4) is 11.1 Å². The first-order valence-electron chi connectivity index (χ1n) is 9.80. The lowest BCUT2D eigenvalue weighted by Gasteiger charge is -2.39. The number of anilines is 1. The molecule has 1 aliphatic heterocycles. The van der Waals surface area contributed by atoms with Gasteiger partial charge in [-0.1, -0.05) is 55.6 Å². The minimum absolute atomic E-state index is 0.0928. The van der Waals surface area contributed by atoms with Gasteiger partial charge >= 0.3 is 0 Å². The van der Waals surface area contributed by atoms with E-state index in [2.05, 4.69) is 18.7 Å². The smallest absolute Gasteiger partial charge is 0.262 e. The molecule has 0 spiro atoms. The van der Waals surface area contributed by atoms with Crippen LogP contribution < -0.4 is 16.2 Å². The molecule has 7 heteroatoms. The molecule has 2 aromatic rings. The summed E-state index contributed by atoms with van der Waals surface area (Å²) in [5.74, 6) is 0.717. The fourth-order valence-electron chi connectivity index (χ4n) is 3.75. The van der Waals surface area contributed by atoms with Gasteiger partial charge in [0.05, 0.1) is 21.3 Å². The molecule has 5 nitrogen and oxygen atoms in total. The summed E-state index contributed by atoms with van der Waals surface area (Å²) in [6, 6.07) is 5.37. The van der Waals surface area contributed by atoms with Crippen molar-refractivity contribution < 1.29 is 0 Å². The predicted molar refractivity (Wildman–Crippen MR) is 118 cm³/mol. The Balaban J connectivity index is 2.09. The lowest BCUT2D eigenvalue weighted by molar-refractivity contribution is 0.256. The van der Waals surface area contributed by atoms with Crippen molar-refractivity contribution >= 4 is 29.2 Å². The molecule has 0 amide bonds. The number of hydrogen-bond donors (Lipinski definition) is 1. The van der Waals surface area contributed by atoms with Crippen molar-refractivity contribution in [2.75, 3.05) is 24.5 Å². The largest absolute Gasteiger partial charge is 0.342 e. The molecule has 0 saturated carbocycles. The first kappa shape index (κ1) is 21.2. The second-order valence-corrected chi connectivity index (χ2v) is 8.74. The Labute approximate surface area is 176 Å². The minimum Gasteiger partial charge on any atom is -0.342 e. The summed E-state index contributed by atoms with van der Waals surface area (Å²) < 4.78 is 1.64. The molecule has 28 heavy (non-hydrogen) atoms. The van der Waals surface area contributed by atoms with Gasteiger partial charge in [-0.25, -0.2) is 4.98 Å². The molecule has 0 unspecified atom stereocenters. The van der Waals surface area contributed by atoms with Gasteiger partial charge in [0.2, 0.25) is 5.95 Å². The Morgan fingerprint density at radius 1 is 1.25 bits per heavy atom. The third-order valence-electron chi connectivity index (χ3n) is 5.80. The number of nitrogens with zero attached hydrogens (tertiary/aromatic N) is 3. The molecule has 2 heterocycles. The van der Waals surface area contributed by atoms with E-state index in [1.165, 1.54) is 0 Å². The van der Waals surface area contributed by atoms with Gasteiger partial charge in [0.25, 0.3) is 5.56 Å². The highest BCUT2D eigenvalue weighted by Gasteiger charge is 2.31. The SMILES string of the molecule is CCCc1nc(N2CCC(C)(CN)CC2)n(C)c(=O)c1-c1cccc(Cl)c1Cl. The lowest BCUT2D eigenvalue weighted by atomic mass is 9.81. The van der Waals surface area contributed by atoms with Crippen LogP contribution in [-0.4, -0.2) is 29.2 Å². The van der Waals surface area contributed by atoms with E-state index in [4.69, 9.17) is 33.9 Å². The first-order chi connectivity index (χ1) is 13.3. The molecule has 0 radical (unpaired) electrons. The highest BCUT2D eigenvalue weighted by Crippen LogP contribution is 2.35. The van der Waals surface area contributed by atoms with E-state index >= 15 is 0 Å². The summed E-state index contributed by atoms with van der Waals surface area (Å²) in [6.45, 7) is 6.67. The molecule has 1 saturated heterocycles. The van der Waals surface area contributed by atoms with Gasteiger partial charge in [0, 0.05) is 25.7 Å². The van der Waals surface area contributed by atoms with E-state index in [0.29, 0.717) is 34.1 Å². The highest BCUT2D eigenvalue weighted by atomic mass is 35.5. The van der Waals surface area contributed by atoms with Crippen molar-refractivity contribution in [1.29, 1.82) is 0 Å². The molecular weight excluding hydrogens is 395 g/mol. The summed E-state index contributed by atoms with van der Waals surface area (Å²) in [6.07, 6.45) is 3.57. The third kappa shape index (κ3) is 3.93. The second kappa shape index (κ2) is 8.44. The minimum atomic E-state index is -0.0928. The monoisotopic (exact) mass is 422 g/mol. The van der Waals surface area contributed by atoms with Crippen LogP contribution in [0.25, 0.3) is 11.1 Å². The summed E-state index contributed by atoms with van der Waals surface area (Å²) in [7, 11) is 1.78. The zero-order valence-corrected chi connectivity index (χ0v) is 18.3. The lowest BCUT2D eigenvalue weighted by Crippen LogP contribution is -2.44. The maximum absolute atomic E-state index is 13.3. The van der Waals surface area contributed by atoms with Gasteiger partial charge in [-0.2, -0.15) is 0 Å². The van der Waals surface area contributed by atoms with Crippen molar-refractivity contribution in [2.24, 2.45) is 18.2 Å². The number of rotatable bonds is 5. The van der Waals surface area contributed by atoms with Crippen LogP contribution in [0.3, 0.4) is 0 Å². The molecule has 0 aliphatic carbocycles. The Morgan fingerprint density at radius 3 is 2.54 bits per heavy atom. The van der Waals surface area contributed by atoms with Crippen molar-refractivity contribution in [1.82, 2.24) is 9.55 Å². The van der Waals surface area contributed by atoms with Gasteiger partial charge < -0.3 is 10.6 Å². The number of aromatic nitrogens is 2. The molecule has 152 valence electrons. The van der Waals surface area contributed by atoms with Crippen LogP contribution in [0.2, 0.25) is 10.0 Å². The second-order valence-electron chi connectivity index (χ2n) is 7.95. The fraction of sp³-hybridized carbons (Fsp3) is 0.524. The number of halogens is 2. The molecule has 1 aromatic carbocycles. The zero-order valence-electron chi connectivity index (χ0n) is 16.8. The number of hydrogen-bond acceptors (Lipinski definition) is 4. The average molecular weight is 423 g/mol. The van der Waals surface area contributed by atoms with Crippen molar-refractivity contribution in [3.63, 3.8) is 0 Å². The van der Waals surface area contributed by atoms with Gasteiger partial charge in [-0.05, 0) is 37.3 Å². The summed E-state index contributed by atoms with van der Waals surface area (Å²) >= 11 is 12.6. The molecule has 0 atom stereocenters. The quantitative estimate of drug-likeness (QED) is 0.780. The van der Waals surface area contributed by atoms with E-state index in [-0.39, 0.29) is 11.0 Å². The first-order valence-corrected chi connectivity index (χ1v) is 10.6. The Kier molecular flexibility index (Phi) is 6.37. The number of benzene rings is 1. The fourth-order valence-corrected chi connectivity index (χ4v) is 4.15. The molecule has 0 bridgehead atoms. The maximum atomic E-state index is 13.3. The van der Waals surface area contributed by atoms with Crippen LogP contribution >= 0.6 is 23.2 Å². The third-order valence-corrected chi connectivity index (χ3v) is 6.61. The van der Waals surface area contributed by atoms with Crippen LogP contribution in [0.15, 0.2) is 23.0 Å². The molecule has 1 fully saturated rings. The number of aryl methyl sites for hydroxylation is 1. The van der Waals surface area contributed by atoms with Crippen LogP contribution in [0, 0.1) is 5.41 Å². The van der Waals surface area contributed by atoms with Crippen LogP contribution in [-0.2, 0) is 13.5 Å².